The lowest BCUT2D eigenvalue weighted by Crippen LogP contribution is -2.39. The van der Waals surface area contributed by atoms with E-state index in [1.807, 2.05) is 19.2 Å². The Morgan fingerprint density at radius 2 is 2.47 bits per heavy atom. The Morgan fingerprint density at radius 1 is 1.76 bits per heavy atom. The van der Waals surface area contributed by atoms with Crippen molar-refractivity contribution >= 4 is 17.2 Å². The van der Waals surface area contributed by atoms with E-state index in [0.29, 0.717) is 13.0 Å². The van der Waals surface area contributed by atoms with Gasteiger partial charge in [-0.15, -0.1) is 11.3 Å². The van der Waals surface area contributed by atoms with Gasteiger partial charge in [0.1, 0.15) is 5.41 Å². The minimum Gasteiger partial charge on any atom is -0.354 e. The van der Waals surface area contributed by atoms with Gasteiger partial charge in [0.2, 0.25) is 5.91 Å². The van der Waals surface area contributed by atoms with Crippen molar-refractivity contribution in [3.05, 3.63) is 16.6 Å². The summed E-state index contributed by atoms with van der Waals surface area (Å²) < 4.78 is 0. The van der Waals surface area contributed by atoms with E-state index < -0.39 is 5.41 Å². The monoisotopic (exact) mass is 251 g/mol. The molecule has 1 aromatic heterocycles. The standard InChI is InChI=1S/C12H17N3OS/c1-4-12(3,8-13)11(16)15-7-9(2)10-14-5-6-17-10/h5-6,9H,4,7H2,1-3H3,(H,15,16). The lowest BCUT2D eigenvalue weighted by molar-refractivity contribution is -0.127. The first-order valence-corrected chi connectivity index (χ1v) is 6.50. The van der Waals surface area contributed by atoms with Gasteiger partial charge >= 0.3 is 0 Å². The van der Waals surface area contributed by atoms with E-state index in [0.717, 1.165) is 5.01 Å². The van der Waals surface area contributed by atoms with E-state index in [2.05, 4.69) is 16.4 Å². The molecule has 92 valence electrons. The number of rotatable bonds is 5. The first-order chi connectivity index (χ1) is 8.03. The van der Waals surface area contributed by atoms with Crippen molar-refractivity contribution in [3.8, 4) is 6.07 Å². The van der Waals surface area contributed by atoms with Crippen LogP contribution in [0.15, 0.2) is 11.6 Å². The second-order valence-corrected chi connectivity index (χ2v) is 5.21. The summed E-state index contributed by atoms with van der Waals surface area (Å²) in [6.07, 6.45) is 2.27. The summed E-state index contributed by atoms with van der Waals surface area (Å²) in [5.74, 6) is -0.0235. The van der Waals surface area contributed by atoms with Crippen LogP contribution in [0.3, 0.4) is 0 Å². The fraction of sp³-hybridized carbons (Fsp3) is 0.583. The number of amides is 1. The third-order valence-electron chi connectivity index (χ3n) is 2.90. The third-order valence-corrected chi connectivity index (χ3v) is 3.90. The van der Waals surface area contributed by atoms with E-state index in [9.17, 15) is 4.79 Å². The molecule has 0 saturated heterocycles. The summed E-state index contributed by atoms with van der Waals surface area (Å²) >= 11 is 1.57. The van der Waals surface area contributed by atoms with Gasteiger partial charge in [-0.25, -0.2) is 4.98 Å². The first-order valence-electron chi connectivity index (χ1n) is 5.62. The smallest absolute Gasteiger partial charge is 0.240 e. The molecule has 1 N–H and O–H groups in total. The predicted octanol–water partition coefficient (Wildman–Crippen LogP) is 2.30. The van der Waals surface area contributed by atoms with Gasteiger partial charge in [-0.3, -0.25) is 4.79 Å². The van der Waals surface area contributed by atoms with Gasteiger partial charge in [-0.2, -0.15) is 5.26 Å². The van der Waals surface area contributed by atoms with Crippen molar-refractivity contribution in [2.45, 2.75) is 33.1 Å². The molecule has 0 aliphatic carbocycles. The van der Waals surface area contributed by atoms with Crippen LogP contribution in [0.2, 0.25) is 0 Å². The van der Waals surface area contributed by atoms with Crippen LogP contribution in [0.1, 0.15) is 38.1 Å². The van der Waals surface area contributed by atoms with E-state index in [4.69, 9.17) is 5.26 Å². The van der Waals surface area contributed by atoms with Gasteiger partial charge in [0.15, 0.2) is 0 Å². The molecule has 0 spiro atoms. The molecule has 0 aliphatic heterocycles. The van der Waals surface area contributed by atoms with Crippen molar-refractivity contribution in [1.29, 1.82) is 5.26 Å². The topological polar surface area (TPSA) is 65.8 Å². The molecular formula is C12H17N3OS. The molecule has 17 heavy (non-hydrogen) atoms. The Morgan fingerprint density at radius 3 is 2.94 bits per heavy atom. The number of hydrogen-bond donors (Lipinski definition) is 1. The number of nitrogens with one attached hydrogen (secondary N) is 1. The fourth-order valence-corrected chi connectivity index (χ4v) is 1.99. The highest BCUT2D eigenvalue weighted by Crippen LogP contribution is 2.21. The normalized spacial score (nSPS) is 15.6. The van der Waals surface area contributed by atoms with Gasteiger partial charge in [0.05, 0.1) is 11.1 Å². The second kappa shape index (κ2) is 5.78. The van der Waals surface area contributed by atoms with Crippen LogP contribution in [-0.2, 0) is 4.79 Å². The first kappa shape index (κ1) is 13.7. The molecule has 1 aromatic rings. The number of nitrogens with zero attached hydrogens (tertiary/aromatic N) is 2. The number of carbonyl (C=O) groups is 1. The number of aromatic nitrogens is 1. The van der Waals surface area contributed by atoms with Crippen molar-refractivity contribution in [1.82, 2.24) is 10.3 Å². The minimum absolute atomic E-state index is 0.179. The lowest BCUT2D eigenvalue weighted by Gasteiger charge is -2.19. The van der Waals surface area contributed by atoms with Crippen LogP contribution >= 0.6 is 11.3 Å². The van der Waals surface area contributed by atoms with Crippen molar-refractivity contribution in [2.24, 2.45) is 5.41 Å². The predicted molar refractivity (Wildman–Crippen MR) is 67.5 cm³/mol. The SMILES string of the molecule is CCC(C)(C#N)C(=O)NCC(C)c1nccs1. The van der Waals surface area contributed by atoms with E-state index >= 15 is 0 Å². The zero-order valence-electron chi connectivity index (χ0n) is 10.4. The van der Waals surface area contributed by atoms with Crippen LogP contribution in [0, 0.1) is 16.7 Å². The van der Waals surface area contributed by atoms with Gasteiger partial charge in [-0.1, -0.05) is 13.8 Å². The Kier molecular flexibility index (Phi) is 4.64. The largest absolute Gasteiger partial charge is 0.354 e. The average molecular weight is 251 g/mol. The number of carbonyl (C=O) groups excluding carboxylic acids is 1. The molecule has 0 aliphatic rings. The van der Waals surface area contributed by atoms with Crippen molar-refractivity contribution in [2.75, 3.05) is 6.54 Å². The molecule has 4 nitrogen and oxygen atoms in total. The summed E-state index contributed by atoms with van der Waals surface area (Å²) in [6, 6.07) is 2.06. The maximum Gasteiger partial charge on any atom is 0.240 e. The number of nitriles is 1. The summed E-state index contributed by atoms with van der Waals surface area (Å²) in [5, 5.41) is 14.7. The highest BCUT2D eigenvalue weighted by atomic mass is 32.1. The Balaban J connectivity index is 2.52. The molecule has 0 aromatic carbocycles. The van der Waals surface area contributed by atoms with Gasteiger partial charge in [0.25, 0.3) is 0 Å². The van der Waals surface area contributed by atoms with E-state index in [1.54, 1.807) is 24.5 Å². The Labute approximate surface area is 106 Å². The zero-order chi connectivity index (χ0) is 12.9. The van der Waals surface area contributed by atoms with Gasteiger partial charge in [-0.05, 0) is 13.3 Å². The fourth-order valence-electron chi connectivity index (χ4n) is 1.30. The summed E-state index contributed by atoms with van der Waals surface area (Å²) in [7, 11) is 0. The zero-order valence-corrected chi connectivity index (χ0v) is 11.2. The Hall–Kier alpha value is -1.41. The summed E-state index contributed by atoms with van der Waals surface area (Å²) in [6.45, 7) is 6.03. The summed E-state index contributed by atoms with van der Waals surface area (Å²) in [4.78, 5) is 16.0. The van der Waals surface area contributed by atoms with Crippen LogP contribution in [0.4, 0.5) is 0 Å². The summed E-state index contributed by atoms with van der Waals surface area (Å²) in [5.41, 5.74) is -0.928. The maximum atomic E-state index is 11.9. The molecule has 1 heterocycles. The van der Waals surface area contributed by atoms with E-state index in [1.165, 1.54) is 0 Å². The van der Waals surface area contributed by atoms with Crippen molar-refractivity contribution < 1.29 is 4.79 Å². The third kappa shape index (κ3) is 3.27. The molecule has 2 atom stereocenters. The molecule has 5 heteroatoms. The molecule has 0 bridgehead atoms. The van der Waals surface area contributed by atoms with Crippen LogP contribution in [-0.4, -0.2) is 17.4 Å². The quantitative estimate of drug-likeness (QED) is 0.873. The molecule has 1 amide bonds. The number of thiazole rings is 1. The highest BCUT2D eigenvalue weighted by Gasteiger charge is 2.31. The average Bonchev–Trinajstić information content (AvgIpc) is 2.88. The second-order valence-electron chi connectivity index (χ2n) is 4.28. The van der Waals surface area contributed by atoms with E-state index in [-0.39, 0.29) is 11.8 Å². The van der Waals surface area contributed by atoms with Crippen LogP contribution < -0.4 is 5.32 Å². The van der Waals surface area contributed by atoms with Crippen LogP contribution in [0.25, 0.3) is 0 Å². The molecule has 2 unspecified atom stereocenters. The highest BCUT2D eigenvalue weighted by molar-refractivity contribution is 7.09. The number of hydrogen-bond acceptors (Lipinski definition) is 4. The molecule has 0 saturated carbocycles. The molecule has 1 rings (SSSR count). The molecule has 0 fully saturated rings. The molecule has 0 radical (unpaired) electrons. The maximum absolute atomic E-state index is 11.9. The van der Waals surface area contributed by atoms with Crippen LogP contribution in [0.5, 0.6) is 0 Å². The van der Waals surface area contributed by atoms with Gasteiger partial charge < -0.3 is 5.32 Å². The van der Waals surface area contributed by atoms with Crippen molar-refractivity contribution in [3.63, 3.8) is 0 Å². The van der Waals surface area contributed by atoms with Gasteiger partial charge in [0, 0.05) is 24.0 Å². The lowest BCUT2D eigenvalue weighted by atomic mass is 9.88. The Bertz CT molecular complexity index is 410. The minimum atomic E-state index is -0.928. The molecular weight excluding hydrogens is 234 g/mol.